The smallest absolute Gasteiger partial charge is 0.312 e. The normalized spacial score (nSPS) is 15.6. The molecule has 2 rings (SSSR count). The molecule has 0 saturated carbocycles. The van der Waals surface area contributed by atoms with Gasteiger partial charge in [-0.05, 0) is 45.4 Å². The molecule has 1 aromatic rings. The number of benzene rings is 1. The van der Waals surface area contributed by atoms with Crippen molar-refractivity contribution in [3.05, 3.63) is 29.8 Å². The average molecular weight is 361 g/mol. The van der Waals surface area contributed by atoms with E-state index in [1.165, 1.54) is 4.90 Å². The van der Waals surface area contributed by atoms with Crippen molar-refractivity contribution in [2.75, 3.05) is 26.2 Å². The highest BCUT2D eigenvalue weighted by molar-refractivity contribution is 6.35. The minimum atomic E-state index is -0.608. The van der Waals surface area contributed by atoms with E-state index >= 15 is 0 Å². The third-order valence-corrected chi connectivity index (χ3v) is 4.14. The van der Waals surface area contributed by atoms with Crippen LogP contribution in [0.3, 0.4) is 0 Å². The zero-order valence-corrected chi connectivity index (χ0v) is 15.8. The molecule has 1 aliphatic heterocycles. The number of nitrogens with one attached hydrogen (secondary N) is 1. The van der Waals surface area contributed by atoms with Crippen molar-refractivity contribution >= 4 is 17.7 Å². The molecule has 7 heteroatoms. The van der Waals surface area contributed by atoms with Crippen LogP contribution in [0.2, 0.25) is 0 Å². The molecular weight excluding hydrogens is 334 g/mol. The van der Waals surface area contributed by atoms with Crippen LogP contribution in [-0.2, 0) is 14.4 Å². The van der Waals surface area contributed by atoms with Gasteiger partial charge >= 0.3 is 11.8 Å². The first kappa shape index (κ1) is 19.8. The van der Waals surface area contributed by atoms with Gasteiger partial charge in [0.25, 0.3) is 5.91 Å². The molecule has 0 aromatic heterocycles. The SMILES string of the molecule is Cc1cccc(OC(C)C(=O)N2CCN(C(=O)C(=O)NC(C)C)CC2)c1. The topological polar surface area (TPSA) is 79.0 Å². The van der Waals surface area contributed by atoms with Crippen molar-refractivity contribution in [3.63, 3.8) is 0 Å². The van der Waals surface area contributed by atoms with Gasteiger partial charge in [-0.15, -0.1) is 0 Å². The summed E-state index contributed by atoms with van der Waals surface area (Å²) in [7, 11) is 0. The summed E-state index contributed by atoms with van der Waals surface area (Å²) in [5, 5.41) is 2.59. The number of piperazine rings is 1. The molecule has 7 nitrogen and oxygen atoms in total. The molecule has 1 atom stereocenters. The first-order valence-corrected chi connectivity index (χ1v) is 8.90. The quantitative estimate of drug-likeness (QED) is 0.810. The average Bonchev–Trinajstić information content (AvgIpc) is 2.60. The second-order valence-corrected chi connectivity index (χ2v) is 6.82. The number of amides is 3. The van der Waals surface area contributed by atoms with Gasteiger partial charge in [0.2, 0.25) is 0 Å². The van der Waals surface area contributed by atoms with Gasteiger partial charge in [-0.2, -0.15) is 0 Å². The van der Waals surface area contributed by atoms with E-state index in [2.05, 4.69) is 5.32 Å². The van der Waals surface area contributed by atoms with Crippen molar-refractivity contribution in [2.45, 2.75) is 39.8 Å². The van der Waals surface area contributed by atoms with Crippen LogP contribution in [0, 0.1) is 6.92 Å². The Kier molecular flexibility index (Phi) is 6.60. The Morgan fingerprint density at radius 2 is 1.65 bits per heavy atom. The Bertz CT molecular complexity index is 667. The fourth-order valence-corrected chi connectivity index (χ4v) is 2.80. The highest BCUT2D eigenvalue weighted by Crippen LogP contribution is 2.15. The van der Waals surface area contributed by atoms with Crippen molar-refractivity contribution in [2.24, 2.45) is 0 Å². The Balaban J connectivity index is 1.85. The van der Waals surface area contributed by atoms with Crippen LogP contribution in [0.1, 0.15) is 26.3 Å². The van der Waals surface area contributed by atoms with E-state index in [0.29, 0.717) is 31.9 Å². The molecule has 1 heterocycles. The molecule has 1 N–H and O–H groups in total. The van der Waals surface area contributed by atoms with Gasteiger partial charge in [0.15, 0.2) is 6.10 Å². The summed E-state index contributed by atoms with van der Waals surface area (Å²) in [4.78, 5) is 39.6. The molecule has 1 saturated heterocycles. The Morgan fingerprint density at radius 3 is 2.23 bits per heavy atom. The van der Waals surface area contributed by atoms with Crippen LogP contribution in [0.15, 0.2) is 24.3 Å². The van der Waals surface area contributed by atoms with Crippen molar-refractivity contribution in [3.8, 4) is 5.75 Å². The second kappa shape index (κ2) is 8.69. The maximum Gasteiger partial charge on any atom is 0.312 e. The first-order valence-electron chi connectivity index (χ1n) is 8.90. The van der Waals surface area contributed by atoms with Crippen LogP contribution >= 0.6 is 0 Å². The maximum absolute atomic E-state index is 12.6. The van der Waals surface area contributed by atoms with Crippen molar-refractivity contribution in [1.29, 1.82) is 0 Å². The summed E-state index contributed by atoms with van der Waals surface area (Å²) < 4.78 is 5.73. The minimum absolute atomic E-state index is 0.0889. The molecule has 0 radical (unpaired) electrons. The van der Waals surface area contributed by atoms with Gasteiger partial charge in [-0.25, -0.2) is 0 Å². The summed E-state index contributed by atoms with van der Waals surface area (Å²) >= 11 is 0. The largest absolute Gasteiger partial charge is 0.481 e. The van der Waals surface area contributed by atoms with Crippen LogP contribution < -0.4 is 10.1 Å². The first-order chi connectivity index (χ1) is 12.3. The van der Waals surface area contributed by atoms with E-state index in [4.69, 9.17) is 4.74 Å². The molecule has 3 amide bonds. The Hall–Kier alpha value is -2.57. The Labute approximate surface area is 154 Å². The van der Waals surface area contributed by atoms with E-state index in [0.717, 1.165) is 5.56 Å². The molecule has 1 aliphatic rings. The number of aryl methyl sites for hydroxylation is 1. The van der Waals surface area contributed by atoms with E-state index in [9.17, 15) is 14.4 Å². The molecule has 26 heavy (non-hydrogen) atoms. The van der Waals surface area contributed by atoms with Gasteiger partial charge in [-0.1, -0.05) is 12.1 Å². The lowest BCUT2D eigenvalue weighted by Gasteiger charge is -2.35. The fraction of sp³-hybridized carbons (Fsp3) is 0.526. The Morgan fingerprint density at radius 1 is 1.04 bits per heavy atom. The number of ether oxygens (including phenoxy) is 1. The third kappa shape index (κ3) is 5.21. The summed E-state index contributed by atoms with van der Waals surface area (Å²) in [6.45, 7) is 8.75. The molecule has 1 unspecified atom stereocenters. The van der Waals surface area contributed by atoms with Crippen LogP contribution in [-0.4, -0.2) is 65.8 Å². The lowest BCUT2D eigenvalue weighted by Crippen LogP contribution is -2.56. The highest BCUT2D eigenvalue weighted by atomic mass is 16.5. The van der Waals surface area contributed by atoms with Crippen molar-refractivity contribution < 1.29 is 19.1 Å². The van der Waals surface area contributed by atoms with Crippen molar-refractivity contribution in [1.82, 2.24) is 15.1 Å². The molecule has 1 fully saturated rings. The number of nitrogens with zero attached hydrogens (tertiary/aromatic N) is 2. The molecule has 1 aromatic carbocycles. The predicted molar refractivity (Wildman–Crippen MR) is 97.7 cm³/mol. The van der Waals surface area contributed by atoms with E-state index in [1.807, 2.05) is 31.2 Å². The minimum Gasteiger partial charge on any atom is -0.481 e. The number of hydrogen-bond donors (Lipinski definition) is 1. The zero-order valence-electron chi connectivity index (χ0n) is 15.8. The van der Waals surface area contributed by atoms with Gasteiger partial charge in [0.05, 0.1) is 0 Å². The van der Waals surface area contributed by atoms with Gasteiger partial charge in [0.1, 0.15) is 5.75 Å². The third-order valence-electron chi connectivity index (χ3n) is 4.14. The monoisotopic (exact) mass is 361 g/mol. The molecular formula is C19H27N3O4. The van der Waals surface area contributed by atoms with Gasteiger partial charge in [0, 0.05) is 32.2 Å². The molecule has 0 aliphatic carbocycles. The molecule has 0 bridgehead atoms. The summed E-state index contributed by atoms with van der Waals surface area (Å²) in [6.07, 6.45) is -0.608. The lowest BCUT2D eigenvalue weighted by atomic mass is 10.2. The highest BCUT2D eigenvalue weighted by Gasteiger charge is 2.30. The van der Waals surface area contributed by atoms with E-state index < -0.39 is 17.9 Å². The zero-order chi connectivity index (χ0) is 19.3. The number of rotatable bonds is 4. The second-order valence-electron chi connectivity index (χ2n) is 6.82. The molecule has 142 valence electrons. The van der Waals surface area contributed by atoms with E-state index in [-0.39, 0.29) is 11.9 Å². The standard InChI is InChI=1S/C19H27N3O4/c1-13(2)20-17(23)19(25)22-10-8-21(9-11-22)18(24)15(4)26-16-7-5-6-14(3)12-16/h5-7,12-13,15H,8-11H2,1-4H3,(H,20,23). The summed E-state index contributed by atoms with van der Waals surface area (Å²) in [5.74, 6) is -0.610. The fourth-order valence-electron chi connectivity index (χ4n) is 2.80. The lowest BCUT2D eigenvalue weighted by molar-refractivity contribution is -0.149. The van der Waals surface area contributed by atoms with E-state index in [1.54, 1.807) is 25.7 Å². The van der Waals surface area contributed by atoms with Crippen LogP contribution in [0.25, 0.3) is 0 Å². The predicted octanol–water partition coefficient (Wildman–Crippen LogP) is 0.958. The van der Waals surface area contributed by atoms with Crippen LogP contribution in [0.5, 0.6) is 5.75 Å². The maximum atomic E-state index is 12.6. The van der Waals surface area contributed by atoms with Crippen LogP contribution in [0.4, 0.5) is 0 Å². The van der Waals surface area contributed by atoms with Gasteiger partial charge < -0.3 is 19.9 Å². The number of carbonyl (C=O) groups excluding carboxylic acids is 3. The van der Waals surface area contributed by atoms with Gasteiger partial charge in [-0.3, -0.25) is 14.4 Å². The number of hydrogen-bond acceptors (Lipinski definition) is 4. The summed E-state index contributed by atoms with van der Waals surface area (Å²) in [5.41, 5.74) is 1.06. The number of carbonyl (C=O) groups is 3. The summed E-state index contributed by atoms with van der Waals surface area (Å²) in [6, 6.07) is 7.46. The molecule has 0 spiro atoms.